The van der Waals surface area contributed by atoms with E-state index in [1.54, 1.807) is 0 Å². The fourth-order valence-electron chi connectivity index (χ4n) is 7.28. The van der Waals surface area contributed by atoms with Crippen LogP contribution in [0.25, 0.3) is 94.0 Å². The lowest BCUT2D eigenvalue weighted by Gasteiger charge is -2.11. The van der Waals surface area contributed by atoms with Crippen LogP contribution in [0.4, 0.5) is 0 Å². The standard InChI is InChI=1S/C44H27N3O/c1-3-11-28(12-4-1)35-27-38(46-44-33(35)17-10-24-45-44)34-16-9-19-42-43(34)37-26-30(21-23-41(37)48-42)29-20-22-40-36(25-29)32-15-7-8-18-39(32)47(40)31-13-5-2-6-14-31/h1-27H. The molecule has 10 rings (SSSR count). The molecule has 0 aliphatic heterocycles. The molecule has 224 valence electrons. The van der Waals surface area contributed by atoms with E-state index < -0.39 is 0 Å². The molecule has 6 aromatic carbocycles. The van der Waals surface area contributed by atoms with Crippen LogP contribution in [0, 0.1) is 0 Å². The van der Waals surface area contributed by atoms with Crippen molar-refractivity contribution < 1.29 is 4.42 Å². The van der Waals surface area contributed by atoms with Gasteiger partial charge in [-0.25, -0.2) is 9.97 Å². The Bertz CT molecular complexity index is 2830. The van der Waals surface area contributed by atoms with Gasteiger partial charge in [0.05, 0.1) is 16.7 Å². The average molecular weight is 614 g/mol. The van der Waals surface area contributed by atoms with E-state index in [0.29, 0.717) is 0 Å². The van der Waals surface area contributed by atoms with Crippen molar-refractivity contribution in [2.75, 3.05) is 0 Å². The predicted octanol–water partition coefficient (Wildman–Crippen LogP) is 11.6. The topological polar surface area (TPSA) is 43.9 Å². The third kappa shape index (κ3) is 4.10. The molecule has 0 aliphatic rings. The molecular weight excluding hydrogens is 587 g/mol. The number of pyridine rings is 2. The Hall–Kier alpha value is -6.52. The first-order chi connectivity index (χ1) is 23.8. The molecule has 0 unspecified atom stereocenters. The van der Waals surface area contributed by atoms with Crippen molar-refractivity contribution in [3.8, 4) is 39.2 Å². The molecule has 0 fully saturated rings. The molecule has 0 aliphatic carbocycles. The van der Waals surface area contributed by atoms with E-state index in [1.807, 2.05) is 30.5 Å². The van der Waals surface area contributed by atoms with Crippen LogP contribution < -0.4 is 0 Å². The van der Waals surface area contributed by atoms with Gasteiger partial charge in [0.2, 0.25) is 0 Å². The Morgan fingerprint density at radius 3 is 2.06 bits per heavy atom. The van der Waals surface area contributed by atoms with E-state index in [2.05, 4.69) is 143 Å². The van der Waals surface area contributed by atoms with Gasteiger partial charge in [-0.3, -0.25) is 0 Å². The third-order valence-electron chi connectivity index (χ3n) is 9.46. The van der Waals surface area contributed by atoms with Gasteiger partial charge in [-0.15, -0.1) is 0 Å². The third-order valence-corrected chi connectivity index (χ3v) is 9.46. The van der Waals surface area contributed by atoms with Crippen molar-refractivity contribution in [3.63, 3.8) is 0 Å². The first-order valence-electron chi connectivity index (χ1n) is 16.2. The van der Waals surface area contributed by atoms with Gasteiger partial charge in [-0.2, -0.15) is 0 Å². The van der Waals surface area contributed by atoms with Crippen LogP contribution >= 0.6 is 0 Å². The van der Waals surface area contributed by atoms with Crippen molar-refractivity contribution in [1.29, 1.82) is 0 Å². The number of hydrogen-bond acceptors (Lipinski definition) is 3. The summed E-state index contributed by atoms with van der Waals surface area (Å²) >= 11 is 0. The van der Waals surface area contributed by atoms with Crippen LogP contribution in [0.5, 0.6) is 0 Å². The normalized spacial score (nSPS) is 11.8. The van der Waals surface area contributed by atoms with Crippen molar-refractivity contribution in [2.45, 2.75) is 0 Å². The largest absolute Gasteiger partial charge is 0.456 e. The lowest BCUT2D eigenvalue weighted by Crippen LogP contribution is -1.92. The summed E-state index contributed by atoms with van der Waals surface area (Å²) in [7, 11) is 0. The molecule has 4 heterocycles. The highest BCUT2D eigenvalue weighted by Crippen LogP contribution is 2.41. The minimum atomic E-state index is 0.724. The molecule has 0 N–H and O–H groups in total. The predicted molar refractivity (Wildman–Crippen MR) is 197 cm³/mol. The zero-order valence-corrected chi connectivity index (χ0v) is 25.8. The van der Waals surface area contributed by atoms with Crippen LogP contribution in [0.3, 0.4) is 0 Å². The van der Waals surface area contributed by atoms with Gasteiger partial charge in [0.15, 0.2) is 5.65 Å². The number of furan rings is 1. The molecule has 0 atom stereocenters. The Balaban J connectivity index is 1.17. The number of fused-ring (bicyclic) bond motifs is 7. The zero-order valence-electron chi connectivity index (χ0n) is 25.8. The molecule has 4 heteroatoms. The van der Waals surface area contributed by atoms with Gasteiger partial charge < -0.3 is 8.98 Å². The van der Waals surface area contributed by atoms with Crippen LogP contribution in [0.1, 0.15) is 0 Å². The quantitative estimate of drug-likeness (QED) is 0.198. The summed E-state index contributed by atoms with van der Waals surface area (Å²) in [4.78, 5) is 9.75. The average Bonchev–Trinajstić information content (AvgIpc) is 3.70. The fraction of sp³-hybridized carbons (Fsp3) is 0. The van der Waals surface area contributed by atoms with E-state index >= 15 is 0 Å². The second-order valence-electron chi connectivity index (χ2n) is 12.2. The van der Waals surface area contributed by atoms with Crippen molar-refractivity contribution >= 4 is 54.8 Å². The second-order valence-corrected chi connectivity index (χ2v) is 12.2. The summed E-state index contributed by atoms with van der Waals surface area (Å²) in [5.74, 6) is 0. The van der Waals surface area contributed by atoms with Crippen LogP contribution in [-0.4, -0.2) is 14.5 Å². The van der Waals surface area contributed by atoms with Crippen molar-refractivity contribution in [1.82, 2.24) is 14.5 Å². The molecule has 0 radical (unpaired) electrons. The molecular formula is C44H27N3O. The van der Waals surface area contributed by atoms with Gasteiger partial charge in [0.25, 0.3) is 0 Å². The summed E-state index contributed by atoms with van der Waals surface area (Å²) in [6, 6.07) is 55.5. The number of nitrogens with zero attached hydrogens (tertiary/aromatic N) is 3. The summed E-state index contributed by atoms with van der Waals surface area (Å²) in [5, 5.41) is 5.61. The second kappa shape index (κ2) is 10.5. The lowest BCUT2D eigenvalue weighted by molar-refractivity contribution is 0.669. The highest BCUT2D eigenvalue weighted by atomic mass is 16.3. The highest BCUT2D eigenvalue weighted by molar-refractivity contribution is 6.14. The van der Waals surface area contributed by atoms with Gasteiger partial charge in [-0.1, -0.05) is 91.0 Å². The Kier molecular flexibility index (Phi) is 5.84. The van der Waals surface area contributed by atoms with Crippen LogP contribution in [0.15, 0.2) is 168 Å². The van der Waals surface area contributed by atoms with Gasteiger partial charge >= 0.3 is 0 Å². The van der Waals surface area contributed by atoms with E-state index in [-0.39, 0.29) is 0 Å². The maximum Gasteiger partial charge on any atom is 0.160 e. The number of rotatable bonds is 4. The Morgan fingerprint density at radius 2 is 1.19 bits per heavy atom. The highest BCUT2D eigenvalue weighted by Gasteiger charge is 2.18. The van der Waals surface area contributed by atoms with E-state index in [9.17, 15) is 0 Å². The summed E-state index contributed by atoms with van der Waals surface area (Å²) in [5.41, 5.74) is 12.4. The number of benzene rings is 6. The fourth-order valence-corrected chi connectivity index (χ4v) is 7.28. The molecule has 0 spiro atoms. The first-order valence-corrected chi connectivity index (χ1v) is 16.2. The number of hydrogen-bond donors (Lipinski definition) is 0. The van der Waals surface area contributed by atoms with Gasteiger partial charge in [-0.05, 0) is 89.0 Å². The monoisotopic (exact) mass is 613 g/mol. The van der Waals surface area contributed by atoms with Crippen LogP contribution in [0.2, 0.25) is 0 Å². The summed E-state index contributed by atoms with van der Waals surface area (Å²) < 4.78 is 8.79. The zero-order chi connectivity index (χ0) is 31.6. The molecule has 0 amide bonds. The maximum atomic E-state index is 6.44. The lowest BCUT2D eigenvalue weighted by atomic mass is 9.96. The van der Waals surface area contributed by atoms with Crippen LogP contribution in [-0.2, 0) is 0 Å². The van der Waals surface area contributed by atoms with E-state index in [1.165, 1.54) is 21.8 Å². The first kappa shape index (κ1) is 26.7. The molecule has 4 aromatic heterocycles. The van der Waals surface area contributed by atoms with Gasteiger partial charge in [0, 0.05) is 44.4 Å². The molecule has 0 bridgehead atoms. The smallest absolute Gasteiger partial charge is 0.160 e. The summed E-state index contributed by atoms with van der Waals surface area (Å²) in [6.45, 7) is 0. The Morgan fingerprint density at radius 1 is 0.458 bits per heavy atom. The maximum absolute atomic E-state index is 6.44. The molecule has 0 saturated carbocycles. The summed E-state index contributed by atoms with van der Waals surface area (Å²) in [6.07, 6.45) is 1.81. The van der Waals surface area contributed by atoms with Crippen molar-refractivity contribution in [3.05, 3.63) is 164 Å². The van der Waals surface area contributed by atoms with E-state index in [4.69, 9.17) is 9.40 Å². The SMILES string of the molecule is c1ccc(-c2cc(-c3cccc4oc5ccc(-c6ccc7c(c6)c6ccccc6n7-c6ccccc6)cc5c34)nc3ncccc23)cc1. The minimum Gasteiger partial charge on any atom is -0.456 e. The van der Waals surface area contributed by atoms with E-state index in [0.717, 1.165) is 72.2 Å². The molecule has 0 saturated heterocycles. The van der Waals surface area contributed by atoms with Gasteiger partial charge in [0.1, 0.15) is 11.2 Å². The van der Waals surface area contributed by atoms with Crippen molar-refractivity contribution in [2.24, 2.45) is 0 Å². The Labute approximate surface area is 276 Å². The number of aromatic nitrogens is 3. The number of para-hydroxylation sites is 2. The molecule has 4 nitrogen and oxygen atoms in total. The minimum absolute atomic E-state index is 0.724. The molecule has 48 heavy (non-hydrogen) atoms. The molecule has 10 aromatic rings.